The SMILES string of the molecule is Cc1cc(C(=O)N2CC[C@H]3NCCC[C@]3(CO)C2)c(-c2ccccc2)o1. The summed E-state index contributed by atoms with van der Waals surface area (Å²) in [5.41, 5.74) is 1.30. The van der Waals surface area contributed by atoms with E-state index in [1.54, 1.807) is 0 Å². The number of aryl methyl sites for hydroxylation is 1. The summed E-state index contributed by atoms with van der Waals surface area (Å²) in [4.78, 5) is 15.2. The predicted molar refractivity (Wildman–Crippen MR) is 99.9 cm³/mol. The minimum atomic E-state index is -0.224. The second-order valence-electron chi connectivity index (χ2n) is 7.61. The predicted octanol–water partition coefficient (Wildman–Crippen LogP) is 2.83. The number of hydrogen-bond acceptors (Lipinski definition) is 4. The topological polar surface area (TPSA) is 65.7 Å². The van der Waals surface area contributed by atoms with E-state index in [9.17, 15) is 9.90 Å². The Morgan fingerprint density at radius 3 is 2.96 bits per heavy atom. The molecule has 2 N–H and O–H groups in total. The molecule has 0 spiro atoms. The molecular weight excluding hydrogens is 328 g/mol. The molecule has 2 aliphatic heterocycles. The highest BCUT2D eigenvalue weighted by Gasteiger charge is 2.45. The third-order valence-electron chi connectivity index (χ3n) is 5.90. The van der Waals surface area contributed by atoms with Crippen LogP contribution in [0.15, 0.2) is 40.8 Å². The van der Waals surface area contributed by atoms with E-state index in [0.29, 0.717) is 30.5 Å². The van der Waals surface area contributed by atoms with Gasteiger partial charge in [-0.05, 0) is 38.8 Å². The molecular formula is C21H26N2O3. The van der Waals surface area contributed by atoms with Gasteiger partial charge in [-0.15, -0.1) is 0 Å². The molecule has 2 aliphatic rings. The normalized spacial score (nSPS) is 25.8. The molecule has 0 unspecified atom stereocenters. The Labute approximate surface area is 154 Å². The molecule has 2 fully saturated rings. The molecule has 0 radical (unpaired) electrons. The second-order valence-corrected chi connectivity index (χ2v) is 7.61. The Kier molecular flexibility index (Phi) is 4.59. The summed E-state index contributed by atoms with van der Waals surface area (Å²) in [6.07, 6.45) is 2.88. The number of piperidine rings is 2. The van der Waals surface area contributed by atoms with Crippen LogP contribution < -0.4 is 5.32 Å². The van der Waals surface area contributed by atoms with E-state index < -0.39 is 0 Å². The van der Waals surface area contributed by atoms with Gasteiger partial charge >= 0.3 is 0 Å². The number of aliphatic hydroxyl groups excluding tert-OH is 1. The number of rotatable bonds is 3. The first-order chi connectivity index (χ1) is 12.6. The minimum Gasteiger partial charge on any atom is -0.461 e. The molecule has 4 rings (SSSR count). The highest BCUT2D eigenvalue weighted by atomic mass is 16.3. The van der Waals surface area contributed by atoms with Gasteiger partial charge in [0, 0.05) is 30.1 Å². The van der Waals surface area contributed by atoms with Crippen LogP contribution >= 0.6 is 0 Å². The fraction of sp³-hybridized carbons (Fsp3) is 0.476. The monoisotopic (exact) mass is 354 g/mol. The van der Waals surface area contributed by atoms with Gasteiger partial charge in [0.1, 0.15) is 11.5 Å². The molecule has 2 atom stereocenters. The first-order valence-corrected chi connectivity index (χ1v) is 9.42. The van der Waals surface area contributed by atoms with Crippen LogP contribution in [0.2, 0.25) is 0 Å². The number of aliphatic hydroxyl groups is 1. The number of furan rings is 1. The van der Waals surface area contributed by atoms with Gasteiger partial charge in [0.2, 0.25) is 0 Å². The Hall–Kier alpha value is -2.11. The molecule has 26 heavy (non-hydrogen) atoms. The highest BCUT2D eigenvalue weighted by molar-refractivity contribution is 6.00. The maximum Gasteiger partial charge on any atom is 0.257 e. The number of hydrogen-bond donors (Lipinski definition) is 2. The van der Waals surface area contributed by atoms with Crippen LogP contribution in [-0.4, -0.2) is 48.2 Å². The maximum atomic E-state index is 13.3. The van der Waals surface area contributed by atoms with Gasteiger partial charge in [-0.25, -0.2) is 0 Å². The third-order valence-corrected chi connectivity index (χ3v) is 5.90. The lowest BCUT2D eigenvalue weighted by molar-refractivity contribution is -0.0137. The van der Waals surface area contributed by atoms with E-state index in [1.807, 2.05) is 48.2 Å². The average Bonchev–Trinajstić information content (AvgIpc) is 3.09. The summed E-state index contributed by atoms with van der Waals surface area (Å²) in [5, 5.41) is 13.6. The Morgan fingerprint density at radius 2 is 2.19 bits per heavy atom. The van der Waals surface area contributed by atoms with Crippen molar-refractivity contribution >= 4 is 5.91 Å². The van der Waals surface area contributed by atoms with E-state index in [4.69, 9.17) is 4.42 Å². The summed E-state index contributed by atoms with van der Waals surface area (Å²) in [6.45, 7) is 4.29. The lowest BCUT2D eigenvalue weighted by Crippen LogP contribution is -2.62. The van der Waals surface area contributed by atoms with E-state index in [1.165, 1.54) is 0 Å². The molecule has 2 aromatic rings. The van der Waals surface area contributed by atoms with Crippen molar-refractivity contribution in [2.24, 2.45) is 5.41 Å². The van der Waals surface area contributed by atoms with Crippen molar-refractivity contribution in [2.75, 3.05) is 26.2 Å². The number of fused-ring (bicyclic) bond motifs is 1. The Balaban J connectivity index is 1.63. The van der Waals surface area contributed by atoms with Crippen LogP contribution in [0.1, 0.15) is 35.4 Å². The van der Waals surface area contributed by atoms with Gasteiger partial charge in [-0.1, -0.05) is 30.3 Å². The van der Waals surface area contributed by atoms with Crippen molar-refractivity contribution in [1.29, 1.82) is 0 Å². The van der Waals surface area contributed by atoms with Crippen molar-refractivity contribution in [3.63, 3.8) is 0 Å². The number of benzene rings is 1. The average molecular weight is 354 g/mol. The molecule has 2 saturated heterocycles. The molecule has 0 aliphatic carbocycles. The fourth-order valence-corrected chi connectivity index (χ4v) is 4.51. The first kappa shape index (κ1) is 17.3. The van der Waals surface area contributed by atoms with E-state index >= 15 is 0 Å². The second kappa shape index (κ2) is 6.89. The van der Waals surface area contributed by atoms with Crippen molar-refractivity contribution in [2.45, 2.75) is 32.2 Å². The number of carbonyl (C=O) groups excluding carboxylic acids is 1. The van der Waals surface area contributed by atoms with Crippen molar-refractivity contribution in [3.05, 3.63) is 47.7 Å². The zero-order valence-electron chi connectivity index (χ0n) is 15.2. The van der Waals surface area contributed by atoms with Crippen LogP contribution in [0.25, 0.3) is 11.3 Å². The molecule has 1 amide bonds. The third kappa shape index (κ3) is 2.95. The fourth-order valence-electron chi connectivity index (χ4n) is 4.51. The van der Waals surface area contributed by atoms with Crippen LogP contribution in [0.5, 0.6) is 0 Å². The smallest absolute Gasteiger partial charge is 0.257 e. The molecule has 1 aromatic carbocycles. The van der Waals surface area contributed by atoms with Crippen LogP contribution in [0.4, 0.5) is 0 Å². The number of nitrogens with one attached hydrogen (secondary N) is 1. The van der Waals surface area contributed by atoms with E-state index in [2.05, 4.69) is 5.32 Å². The lowest BCUT2D eigenvalue weighted by atomic mass is 9.70. The quantitative estimate of drug-likeness (QED) is 0.890. The molecule has 5 nitrogen and oxygen atoms in total. The van der Waals surface area contributed by atoms with Gasteiger partial charge < -0.3 is 19.7 Å². The van der Waals surface area contributed by atoms with Crippen molar-refractivity contribution in [1.82, 2.24) is 10.2 Å². The van der Waals surface area contributed by atoms with Crippen LogP contribution in [0.3, 0.4) is 0 Å². The molecule has 1 aromatic heterocycles. The number of nitrogens with zero attached hydrogens (tertiary/aromatic N) is 1. The summed E-state index contributed by atoms with van der Waals surface area (Å²) in [6, 6.07) is 11.9. The van der Waals surface area contributed by atoms with Crippen molar-refractivity contribution in [3.8, 4) is 11.3 Å². The first-order valence-electron chi connectivity index (χ1n) is 9.42. The lowest BCUT2D eigenvalue weighted by Gasteiger charge is -2.50. The van der Waals surface area contributed by atoms with Gasteiger partial charge in [-0.2, -0.15) is 0 Å². The number of likely N-dealkylation sites (tertiary alicyclic amines) is 1. The summed E-state index contributed by atoms with van der Waals surface area (Å²) in [7, 11) is 0. The Bertz CT molecular complexity index is 786. The number of carbonyl (C=O) groups is 1. The molecule has 5 heteroatoms. The maximum absolute atomic E-state index is 13.3. The molecule has 138 valence electrons. The summed E-state index contributed by atoms with van der Waals surface area (Å²) >= 11 is 0. The van der Waals surface area contributed by atoms with Gasteiger partial charge in [0.05, 0.1) is 12.2 Å². The number of amides is 1. The van der Waals surface area contributed by atoms with Gasteiger partial charge in [0.15, 0.2) is 0 Å². The van der Waals surface area contributed by atoms with Gasteiger partial charge in [-0.3, -0.25) is 4.79 Å². The standard InChI is InChI=1S/C21H26N2O3/c1-15-12-17(19(26-15)16-6-3-2-4-7-16)20(25)23-11-8-18-21(13-23,14-24)9-5-10-22-18/h2-4,6-7,12,18,22,24H,5,8-11,13-14H2,1H3/t18-,21-/m1/s1. The van der Waals surface area contributed by atoms with Crippen LogP contribution in [-0.2, 0) is 0 Å². The van der Waals surface area contributed by atoms with Crippen LogP contribution in [0, 0.1) is 12.3 Å². The zero-order valence-corrected chi connectivity index (χ0v) is 15.2. The van der Waals surface area contributed by atoms with Gasteiger partial charge in [0.25, 0.3) is 5.91 Å². The largest absolute Gasteiger partial charge is 0.461 e. The molecule has 0 bridgehead atoms. The van der Waals surface area contributed by atoms with Crippen molar-refractivity contribution < 1.29 is 14.3 Å². The molecule has 3 heterocycles. The Morgan fingerprint density at radius 1 is 1.38 bits per heavy atom. The van der Waals surface area contributed by atoms with E-state index in [0.717, 1.165) is 37.1 Å². The zero-order chi connectivity index (χ0) is 18.1. The highest BCUT2D eigenvalue weighted by Crippen LogP contribution is 2.38. The minimum absolute atomic E-state index is 0.00227. The summed E-state index contributed by atoms with van der Waals surface area (Å²) < 4.78 is 5.86. The summed E-state index contributed by atoms with van der Waals surface area (Å²) in [5.74, 6) is 1.37. The molecule has 0 saturated carbocycles. The van der Waals surface area contributed by atoms with E-state index in [-0.39, 0.29) is 17.9 Å².